The van der Waals surface area contributed by atoms with E-state index >= 15 is 0 Å². The molecule has 0 spiro atoms. The molecule has 0 aromatic heterocycles. The Bertz CT molecular complexity index is 434. The topological polar surface area (TPSA) is 86.7 Å². The Hall–Kier alpha value is -1.59. The van der Waals surface area contributed by atoms with Gasteiger partial charge < -0.3 is 15.3 Å². The minimum absolute atomic E-state index is 0.115. The van der Waals surface area contributed by atoms with Crippen molar-refractivity contribution in [1.82, 2.24) is 10.2 Å². The van der Waals surface area contributed by atoms with Crippen LogP contribution >= 0.6 is 0 Å². The number of hydrogen-bond acceptors (Lipinski definition) is 3. The number of rotatable bonds is 7. The first-order valence-electron chi connectivity index (χ1n) is 8.32. The fourth-order valence-electron chi connectivity index (χ4n) is 3.01. The summed E-state index contributed by atoms with van der Waals surface area (Å²) in [5.41, 5.74) is 0. The van der Waals surface area contributed by atoms with Gasteiger partial charge >= 0.3 is 5.97 Å². The number of nitrogens with one attached hydrogen (secondary N) is 1. The van der Waals surface area contributed by atoms with Crippen molar-refractivity contribution in [2.24, 2.45) is 17.8 Å². The molecule has 2 aliphatic rings. The van der Waals surface area contributed by atoms with Crippen LogP contribution < -0.4 is 5.32 Å². The molecule has 2 fully saturated rings. The van der Waals surface area contributed by atoms with E-state index in [1.807, 2.05) is 11.8 Å². The van der Waals surface area contributed by atoms with E-state index < -0.39 is 11.9 Å². The molecule has 2 rings (SSSR count). The van der Waals surface area contributed by atoms with Crippen LogP contribution in [-0.2, 0) is 14.4 Å². The summed E-state index contributed by atoms with van der Waals surface area (Å²) < 4.78 is 0. The number of hydrogen-bond donors (Lipinski definition) is 2. The Morgan fingerprint density at radius 3 is 2.55 bits per heavy atom. The lowest BCUT2D eigenvalue weighted by Crippen LogP contribution is -2.47. The third-order valence-electron chi connectivity index (χ3n) is 4.54. The van der Waals surface area contributed by atoms with E-state index in [9.17, 15) is 14.4 Å². The third-order valence-corrected chi connectivity index (χ3v) is 4.54. The number of piperidine rings is 1. The second-order valence-electron chi connectivity index (χ2n) is 6.47. The highest BCUT2D eigenvalue weighted by Gasteiger charge is 2.36. The van der Waals surface area contributed by atoms with Crippen LogP contribution in [0.15, 0.2) is 0 Å². The molecule has 6 nitrogen and oxygen atoms in total. The van der Waals surface area contributed by atoms with Gasteiger partial charge in [0.05, 0.1) is 11.8 Å². The lowest BCUT2D eigenvalue weighted by molar-refractivity contribution is -0.142. The molecule has 6 heteroatoms. The second-order valence-corrected chi connectivity index (χ2v) is 6.47. The molecule has 22 heavy (non-hydrogen) atoms. The molecule has 1 aliphatic heterocycles. The highest BCUT2D eigenvalue weighted by Crippen LogP contribution is 2.32. The standard InChI is InChI=1S/C16H26N2O4/c1-2-4-12(16(21)22)9-17-14(19)13-5-3-8-18(10-13)15(20)11-6-7-11/h11-13H,2-10H2,1H3,(H,17,19)(H,21,22). The summed E-state index contributed by atoms with van der Waals surface area (Å²) in [6.07, 6.45) is 4.90. The van der Waals surface area contributed by atoms with Crippen molar-refractivity contribution in [3.05, 3.63) is 0 Å². The molecule has 0 aromatic rings. The number of carbonyl (C=O) groups excluding carboxylic acids is 2. The molecule has 0 bridgehead atoms. The zero-order valence-corrected chi connectivity index (χ0v) is 13.2. The maximum Gasteiger partial charge on any atom is 0.308 e. The van der Waals surface area contributed by atoms with E-state index in [1.54, 1.807) is 0 Å². The van der Waals surface area contributed by atoms with Crippen molar-refractivity contribution in [1.29, 1.82) is 0 Å². The molecule has 0 radical (unpaired) electrons. The molecule has 1 aliphatic carbocycles. The Labute approximate surface area is 131 Å². The maximum atomic E-state index is 12.2. The van der Waals surface area contributed by atoms with Crippen LogP contribution in [0.4, 0.5) is 0 Å². The molecule has 2 atom stereocenters. The number of nitrogens with zero attached hydrogens (tertiary/aromatic N) is 1. The van der Waals surface area contributed by atoms with Crippen molar-refractivity contribution in [3.8, 4) is 0 Å². The SMILES string of the molecule is CCCC(CNC(=O)C1CCCN(C(=O)C2CC2)C1)C(=O)O. The Kier molecular flexibility index (Phi) is 5.80. The highest BCUT2D eigenvalue weighted by atomic mass is 16.4. The predicted molar refractivity (Wildman–Crippen MR) is 81.1 cm³/mol. The van der Waals surface area contributed by atoms with E-state index in [4.69, 9.17) is 5.11 Å². The average molecular weight is 310 g/mol. The minimum Gasteiger partial charge on any atom is -0.481 e. The van der Waals surface area contributed by atoms with Gasteiger partial charge in [-0.05, 0) is 32.1 Å². The van der Waals surface area contributed by atoms with Crippen LogP contribution in [0.5, 0.6) is 0 Å². The van der Waals surface area contributed by atoms with Gasteiger partial charge in [0.25, 0.3) is 0 Å². The lowest BCUT2D eigenvalue weighted by Gasteiger charge is -2.32. The molecular formula is C16H26N2O4. The van der Waals surface area contributed by atoms with Gasteiger partial charge in [-0.25, -0.2) is 0 Å². The van der Waals surface area contributed by atoms with Gasteiger partial charge in [-0.3, -0.25) is 14.4 Å². The van der Waals surface area contributed by atoms with Gasteiger partial charge in [0.2, 0.25) is 11.8 Å². The fourth-order valence-corrected chi connectivity index (χ4v) is 3.01. The predicted octanol–water partition coefficient (Wildman–Crippen LogP) is 1.25. The van der Waals surface area contributed by atoms with Crippen LogP contribution in [0, 0.1) is 17.8 Å². The summed E-state index contributed by atoms with van der Waals surface area (Å²) in [6, 6.07) is 0. The van der Waals surface area contributed by atoms with Gasteiger partial charge in [-0.2, -0.15) is 0 Å². The van der Waals surface area contributed by atoms with Crippen molar-refractivity contribution in [2.45, 2.75) is 45.4 Å². The summed E-state index contributed by atoms with van der Waals surface area (Å²) in [4.78, 5) is 37.2. The van der Waals surface area contributed by atoms with E-state index in [1.165, 1.54) is 0 Å². The number of amides is 2. The summed E-state index contributed by atoms with van der Waals surface area (Å²) in [7, 11) is 0. The van der Waals surface area contributed by atoms with Crippen LogP contribution in [0.2, 0.25) is 0 Å². The summed E-state index contributed by atoms with van der Waals surface area (Å²) in [5, 5.41) is 11.9. The highest BCUT2D eigenvalue weighted by molar-refractivity contribution is 5.83. The quantitative estimate of drug-likeness (QED) is 0.741. The lowest BCUT2D eigenvalue weighted by atomic mass is 9.96. The number of aliphatic carboxylic acids is 1. The van der Waals surface area contributed by atoms with Crippen molar-refractivity contribution in [2.75, 3.05) is 19.6 Å². The number of carboxylic acid groups (broad SMARTS) is 1. The van der Waals surface area contributed by atoms with Crippen LogP contribution in [0.25, 0.3) is 0 Å². The number of carboxylic acids is 1. The van der Waals surface area contributed by atoms with Crippen LogP contribution in [0.1, 0.15) is 45.4 Å². The molecule has 0 aromatic carbocycles. The van der Waals surface area contributed by atoms with Gasteiger partial charge in [-0.1, -0.05) is 13.3 Å². The first-order valence-corrected chi connectivity index (χ1v) is 8.32. The molecule has 2 amide bonds. The largest absolute Gasteiger partial charge is 0.481 e. The van der Waals surface area contributed by atoms with Crippen molar-refractivity contribution in [3.63, 3.8) is 0 Å². The van der Waals surface area contributed by atoms with E-state index in [0.29, 0.717) is 13.0 Å². The van der Waals surface area contributed by atoms with E-state index in [2.05, 4.69) is 5.32 Å². The molecule has 124 valence electrons. The molecular weight excluding hydrogens is 284 g/mol. The second kappa shape index (κ2) is 7.61. The van der Waals surface area contributed by atoms with E-state index in [-0.39, 0.29) is 30.2 Å². The zero-order valence-electron chi connectivity index (χ0n) is 13.2. The van der Waals surface area contributed by atoms with Crippen molar-refractivity contribution >= 4 is 17.8 Å². The monoisotopic (exact) mass is 310 g/mol. The van der Waals surface area contributed by atoms with Gasteiger partial charge in [-0.15, -0.1) is 0 Å². The van der Waals surface area contributed by atoms with Gasteiger partial charge in [0.15, 0.2) is 0 Å². The molecule has 1 heterocycles. The van der Waals surface area contributed by atoms with Crippen molar-refractivity contribution < 1.29 is 19.5 Å². The average Bonchev–Trinajstić information content (AvgIpc) is 3.35. The van der Waals surface area contributed by atoms with Gasteiger partial charge in [0.1, 0.15) is 0 Å². The first-order chi connectivity index (χ1) is 10.5. The van der Waals surface area contributed by atoms with Gasteiger partial charge in [0, 0.05) is 25.6 Å². The minimum atomic E-state index is -0.865. The summed E-state index contributed by atoms with van der Waals surface area (Å²) in [5.74, 6) is -1.34. The third kappa shape index (κ3) is 4.45. The summed E-state index contributed by atoms with van der Waals surface area (Å²) in [6.45, 7) is 3.33. The Balaban J connectivity index is 1.80. The van der Waals surface area contributed by atoms with Crippen LogP contribution in [-0.4, -0.2) is 47.4 Å². The maximum absolute atomic E-state index is 12.2. The van der Waals surface area contributed by atoms with E-state index in [0.717, 1.165) is 38.6 Å². The Morgan fingerprint density at radius 2 is 1.95 bits per heavy atom. The number of likely N-dealkylation sites (tertiary alicyclic amines) is 1. The zero-order chi connectivity index (χ0) is 16.1. The van der Waals surface area contributed by atoms with Crippen LogP contribution in [0.3, 0.4) is 0 Å². The normalized spacial score (nSPS) is 23.0. The molecule has 2 N–H and O–H groups in total. The molecule has 1 saturated carbocycles. The molecule has 2 unspecified atom stereocenters. The molecule has 1 saturated heterocycles. The number of carbonyl (C=O) groups is 3. The Morgan fingerprint density at radius 1 is 1.23 bits per heavy atom. The smallest absolute Gasteiger partial charge is 0.308 e. The summed E-state index contributed by atoms with van der Waals surface area (Å²) >= 11 is 0. The fraction of sp³-hybridized carbons (Fsp3) is 0.812. The first kappa shape index (κ1) is 16.8.